The highest BCUT2D eigenvalue weighted by Crippen LogP contribution is 2.35. The van der Waals surface area contributed by atoms with Crippen molar-refractivity contribution in [2.45, 2.75) is 23.9 Å². The molecule has 0 aliphatic carbocycles. The molecular weight excluding hydrogens is 359 g/mol. The van der Waals surface area contributed by atoms with E-state index in [1.165, 1.54) is 0 Å². The van der Waals surface area contributed by atoms with Gasteiger partial charge in [-0.15, -0.1) is 0 Å². The van der Waals surface area contributed by atoms with Gasteiger partial charge in [-0.2, -0.15) is 17.5 Å². The van der Waals surface area contributed by atoms with Crippen LogP contribution in [-0.4, -0.2) is 36.9 Å². The summed E-state index contributed by atoms with van der Waals surface area (Å²) in [6.07, 6.45) is -4.48. The predicted octanol–water partition coefficient (Wildman–Crippen LogP) is 2.84. The molecule has 1 fully saturated rings. The fourth-order valence-corrected chi connectivity index (χ4v) is 4.33. The monoisotopic (exact) mass is 371 g/mol. The van der Waals surface area contributed by atoms with Crippen LogP contribution in [0, 0.1) is 5.92 Å². The first-order valence-electron chi connectivity index (χ1n) is 6.63. The molecule has 0 amide bonds. The van der Waals surface area contributed by atoms with Crippen molar-refractivity contribution in [1.29, 1.82) is 0 Å². The Morgan fingerprint density at radius 2 is 1.83 bits per heavy atom. The first-order chi connectivity index (χ1) is 10.5. The van der Waals surface area contributed by atoms with Crippen molar-refractivity contribution in [3.63, 3.8) is 0 Å². The van der Waals surface area contributed by atoms with Gasteiger partial charge in [-0.05, 0) is 31.0 Å². The maximum absolute atomic E-state index is 12.8. The minimum Gasteiger partial charge on any atom is -0.481 e. The Labute approximate surface area is 135 Å². The number of nitrogens with zero attached hydrogens (tertiary/aromatic N) is 1. The Bertz CT molecular complexity index is 712. The summed E-state index contributed by atoms with van der Waals surface area (Å²) >= 11 is 5.76. The number of carboxylic acid groups (broad SMARTS) is 1. The van der Waals surface area contributed by atoms with E-state index < -0.39 is 38.5 Å². The molecule has 0 radical (unpaired) electrons. The largest absolute Gasteiger partial charge is 0.481 e. The van der Waals surface area contributed by atoms with Crippen molar-refractivity contribution in [2.24, 2.45) is 5.92 Å². The molecule has 1 N–H and O–H groups in total. The van der Waals surface area contributed by atoms with E-state index in [9.17, 15) is 26.4 Å². The second kappa shape index (κ2) is 6.29. The van der Waals surface area contributed by atoms with Crippen LogP contribution in [0.3, 0.4) is 0 Å². The van der Waals surface area contributed by atoms with Crippen LogP contribution in [0.15, 0.2) is 23.1 Å². The number of hydrogen-bond donors (Lipinski definition) is 1. The third kappa shape index (κ3) is 3.78. The smallest absolute Gasteiger partial charge is 0.416 e. The fraction of sp³-hybridized carbons (Fsp3) is 0.462. The van der Waals surface area contributed by atoms with Gasteiger partial charge >= 0.3 is 12.1 Å². The van der Waals surface area contributed by atoms with Crippen molar-refractivity contribution in [2.75, 3.05) is 13.1 Å². The van der Waals surface area contributed by atoms with Crippen LogP contribution in [0.2, 0.25) is 5.02 Å². The summed E-state index contributed by atoms with van der Waals surface area (Å²) in [6, 6.07) is 2.10. The number of carboxylic acids is 1. The highest BCUT2D eigenvalue weighted by atomic mass is 35.5. The molecule has 1 aromatic carbocycles. The second-order valence-electron chi connectivity index (χ2n) is 5.16. The molecule has 128 valence electrons. The number of sulfonamides is 1. The van der Waals surface area contributed by atoms with Crippen LogP contribution in [-0.2, 0) is 21.0 Å². The summed E-state index contributed by atoms with van der Waals surface area (Å²) in [5.74, 6) is -1.67. The zero-order chi connectivity index (χ0) is 17.4. The number of hydrogen-bond acceptors (Lipinski definition) is 3. The topological polar surface area (TPSA) is 74.7 Å². The van der Waals surface area contributed by atoms with Gasteiger partial charge in [0.25, 0.3) is 0 Å². The standard InChI is InChI=1S/C13H13ClF3NO4S/c14-10-2-1-9(13(15,16)17)7-11(10)23(21,22)18-5-3-8(4-6-18)12(19)20/h1-2,7-8H,3-6H2,(H,19,20). The van der Waals surface area contributed by atoms with E-state index in [1.807, 2.05) is 0 Å². The third-order valence-electron chi connectivity index (χ3n) is 3.68. The molecule has 0 aromatic heterocycles. The summed E-state index contributed by atoms with van der Waals surface area (Å²) in [5.41, 5.74) is -1.11. The number of aliphatic carboxylic acids is 1. The number of rotatable bonds is 3. The van der Waals surface area contributed by atoms with Gasteiger partial charge in [0.05, 0.1) is 16.5 Å². The van der Waals surface area contributed by atoms with E-state index in [4.69, 9.17) is 16.7 Å². The van der Waals surface area contributed by atoms with Crippen LogP contribution < -0.4 is 0 Å². The van der Waals surface area contributed by atoms with Crippen LogP contribution >= 0.6 is 11.6 Å². The average molecular weight is 372 g/mol. The van der Waals surface area contributed by atoms with Crippen LogP contribution in [0.1, 0.15) is 18.4 Å². The number of benzene rings is 1. The van der Waals surface area contributed by atoms with Crippen molar-refractivity contribution < 1.29 is 31.5 Å². The van der Waals surface area contributed by atoms with Gasteiger partial charge in [0.2, 0.25) is 10.0 Å². The molecule has 1 saturated heterocycles. The van der Waals surface area contributed by atoms with E-state index in [0.29, 0.717) is 12.1 Å². The lowest BCUT2D eigenvalue weighted by molar-refractivity contribution is -0.143. The Hall–Kier alpha value is -1.32. The first kappa shape index (κ1) is 18.0. The van der Waals surface area contributed by atoms with E-state index in [-0.39, 0.29) is 31.0 Å². The van der Waals surface area contributed by atoms with Crippen LogP contribution in [0.4, 0.5) is 13.2 Å². The highest BCUT2D eigenvalue weighted by molar-refractivity contribution is 7.89. The zero-order valence-corrected chi connectivity index (χ0v) is 13.2. The molecular formula is C13H13ClF3NO4S. The summed E-state index contributed by atoms with van der Waals surface area (Å²) in [7, 11) is -4.22. The molecule has 1 aliphatic heterocycles. The van der Waals surface area contributed by atoms with Gasteiger partial charge in [-0.25, -0.2) is 8.42 Å². The number of halogens is 4. The number of alkyl halides is 3. The van der Waals surface area contributed by atoms with Crippen molar-refractivity contribution in [1.82, 2.24) is 4.31 Å². The van der Waals surface area contributed by atoms with Crippen molar-refractivity contribution in [3.05, 3.63) is 28.8 Å². The quantitative estimate of drug-likeness (QED) is 0.886. The van der Waals surface area contributed by atoms with Gasteiger partial charge in [0.15, 0.2) is 0 Å². The normalized spacial score (nSPS) is 18.1. The highest BCUT2D eigenvalue weighted by Gasteiger charge is 2.36. The SMILES string of the molecule is O=C(O)C1CCN(S(=O)(=O)c2cc(C(F)(F)F)ccc2Cl)CC1. The molecule has 0 bridgehead atoms. The minimum absolute atomic E-state index is 0.0775. The van der Waals surface area contributed by atoms with E-state index >= 15 is 0 Å². The lowest BCUT2D eigenvalue weighted by Gasteiger charge is -2.29. The molecule has 0 saturated carbocycles. The van der Waals surface area contributed by atoms with Gasteiger partial charge in [-0.1, -0.05) is 11.6 Å². The summed E-state index contributed by atoms with van der Waals surface area (Å²) in [6.45, 7) is -0.155. The van der Waals surface area contributed by atoms with Gasteiger partial charge in [0.1, 0.15) is 4.90 Å². The molecule has 1 aromatic rings. The lowest BCUT2D eigenvalue weighted by atomic mass is 9.99. The van der Waals surface area contributed by atoms with E-state index in [2.05, 4.69) is 0 Å². The van der Waals surface area contributed by atoms with Crippen LogP contribution in [0.25, 0.3) is 0 Å². The average Bonchev–Trinajstić information content (AvgIpc) is 2.46. The lowest BCUT2D eigenvalue weighted by Crippen LogP contribution is -2.40. The van der Waals surface area contributed by atoms with Crippen LogP contribution in [0.5, 0.6) is 0 Å². The Kier molecular flexibility index (Phi) is 4.93. The molecule has 0 unspecified atom stereocenters. The molecule has 1 aliphatic rings. The zero-order valence-electron chi connectivity index (χ0n) is 11.7. The minimum atomic E-state index is -4.69. The van der Waals surface area contributed by atoms with E-state index in [1.54, 1.807) is 0 Å². The molecule has 0 spiro atoms. The molecule has 0 atom stereocenters. The summed E-state index contributed by atoms with van der Waals surface area (Å²) in [4.78, 5) is 10.3. The second-order valence-corrected chi connectivity index (χ2v) is 7.47. The van der Waals surface area contributed by atoms with Gasteiger partial charge in [0, 0.05) is 13.1 Å². The number of carbonyl (C=O) groups is 1. The Morgan fingerprint density at radius 3 is 2.30 bits per heavy atom. The summed E-state index contributed by atoms with van der Waals surface area (Å²) < 4.78 is 64.2. The Balaban J connectivity index is 2.32. The number of piperidine rings is 1. The molecule has 1 heterocycles. The summed E-state index contributed by atoms with van der Waals surface area (Å²) in [5, 5.41) is 8.59. The first-order valence-corrected chi connectivity index (χ1v) is 8.45. The maximum Gasteiger partial charge on any atom is 0.416 e. The Morgan fingerprint density at radius 1 is 1.26 bits per heavy atom. The van der Waals surface area contributed by atoms with Gasteiger partial charge < -0.3 is 5.11 Å². The molecule has 2 rings (SSSR count). The third-order valence-corrected chi connectivity index (χ3v) is 6.06. The molecule has 10 heteroatoms. The fourth-order valence-electron chi connectivity index (χ4n) is 2.36. The predicted molar refractivity (Wildman–Crippen MR) is 75.6 cm³/mol. The maximum atomic E-state index is 12.8. The van der Waals surface area contributed by atoms with E-state index in [0.717, 1.165) is 10.4 Å². The van der Waals surface area contributed by atoms with Crippen molar-refractivity contribution in [3.8, 4) is 0 Å². The molecule has 23 heavy (non-hydrogen) atoms. The van der Waals surface area contributed by atoms with Gasteiger partial charge in [-0.3, -0.25) is 4.79 Å². The molecule has 5 nitrogen and oxygen atoms in total. The van der Waals surface area contributed by atoms with Crippen molar-refractivity contribution >= 4 is 27.6 Å².